The standard InChI is InChI=1S/C12H5BrFN3O3/c13-5-1-8-11(18)7-2-6(14)3-9(17(19)20)10(7)16-12(8)15-4-5/h1-4H,(H,15,16,18). The number of halogens is 2. The number of non-ortho nitro benzene ring substituents is 1. The van der Waals surface area contributed by atoms with Gasteiger partial charge in [-0.1, -0.05) is 0 Å². The molecule has 0 amide bonds. The zero-order valence-corrected chi connectivity index (χ0v) is 11.3. The molecule has 0 aliphatic heterocycles. The quantitative estimate of drug-likeness (QED) is 0.420. The summed E-state index contributed by atoms with van der Waals surface area (Å²) >= 11 is 3.19. The van der Waals surface area contributed by atoms with Crippen LogP contribution in [0.4, 0.5) is 10.1 Å². The first kappa shape index (κ1) is 12.7. The van der Waals surface area contributed by atoms with Crippen LogP contribution < -0.4 is 5.43 Å². The minimum atomic E-state index is -0.836. The van der Waals surface area contributed by atoms with Crippen molar-refractivity contribution < 1.29 is 9.31 Å². The lowest BCUT2D eigenvalue weighted by Gasteiger charge is -2.03. The Morgan fingerprint density at radius 2 is 2.05 bits per heavy atom. The third-order valence-corrected chi connectivity index (χ3v) is 3.30. The fourth-order valence-electron chi connectivity index (χ4n) is 2.02. The number of hydrogen-bond acceptors (Lipinski definition) is 4. The molecular weight excluding hydrogens is 333 g/mol. The number of rotatable bonds is 1. The highest BCUT2D eigenvalue weighted by Crippen LogP contribution is 2.25. The van der Waals surface area contributed by atoms with Gasteiger partial charge >= 0.3 is 0 Å². The summed E-state index contributed by atoms with van der Waals surface area (Å²) in [5, 5.41) is 11.1. The summed E-state index contributed by atoms with van der Waals surface area (Å²) in [4.78, 5) is 29.2. The first-order valence-corrected chi connectivity index (χ1v) is 6.22. The number of H-pyrrole nitrogens is 1. The number of nitro groups is 1. The Bertz CT molecular complexity index is 939. The van der Waals surface area contributed by atoms with E-state index in [1.54, 1.807) is 0 Å². The van der Waals surface area contributed by atoms with E-state index in [-0.39, 0.29) is 21.9 Å². The van der Waals surface area contributed by atoms with Gasteiger partial charge in [0.05, 0.1) is 21.8 Å². The number of hydrogen-bond donors (Lipinski definition) is 1. The van der Waals surface area contributed by atoms with Crippen LogP contribution in [-0.2, 0) is 0 Å². The van der Waals surface area contributed by atoms with Crippen LogP contribution in [0.3, 0.4) is 0 Å². The largest absolute Gasteiger partial charge is 0.333 e. The Morgan fingerprint density at radius 3 is 2.75 bits per heavy atom. The third-order valence-electron chi connectivity index (χ3n) is 2.87. The van der Waals surface area contributed by atoms with Gasteiger partial charge in [-0.05, 0) is 28.1 Å². The molecule has 3 aromatic rings. The zero-order valence-electron chi connectivity index (χ0n) is 9.68. The van der Waals surface area contributed by atoms with Crippen LogP contribution in [0.1, 0.15) is 0 Å². The smallest absolute Gasteiger partial charge is 0.296 e. The number of aromatic nitrogens is 2. The second kappa shape index (κ2) is 4.34. The number of aromatic amines is 1. The fourth-order valence-corrected chi connectivity index (χ4v) is 2.35. The number of nitrogens with zero attached hydrogens (tertiary/aromatic N) is 2. The van der Waals surface area contributed by atoms with Gasteiger partial charge in [0, 0.05) is 10.7 Å². The molecule has 0 bridgehead atoms. The normalized spacial score (nSPS) is 11.1. The number of nitro benzene ring substituents is 1. The van der Waals surface area contributed by atoms with Crippen molar-refractivity contribution in [2.24, 2.45) is 0 Å². The van der Waals surface area contributed by atoms with E-state index in [2.05, 4.69) is 25.9 Å². The van der Waals surface area contributed by atoms with Crippen LogP contribution in [-0.4, -0.2) is 14.9 Å². The highest BCUT2D eigenvalue weighted by molar-refractivity contribution is 9.10. The van der Waals surface area contributed by atoms with E-state index in [0.717, 1.165) is 12.1 Å². The third kappa shape index (κ3) is 1.85. The number of fused-ring (bicyclic) bond motifs is 2. The minimum Gasteiger partial charge on any atom is -0.333 e. The maximum Gasteiger partial charge on any atom is 0.296 e. The zero-order chi connectivity index (χ0) is 14.4. The van der Waals surface area contributed by atoms with Gasteiger partial charge in [0.25, 0.3) is 5.69 Å². The van der Waals surface area contributed by atoms with Crippen molar-refractivity contribution in [1.29, 1.82) is 0 Å². The summed E-state index contributed by atoms with van der Waals surface area (Å²) in [6.07, 6.45) is 1.46. The SMILES string of the molecule is O=c1c2cc(Br)cnc2[nH]c2c([N+](=O)[O-])cc(F)cc12. The van der Waals surface area contributed by atoms with Crippen molar-refractivity contribution in [2.75, 3.05) is 0 Å². The van der Waals surface area contributed by atoms with Gasteiger partial charge < -0.3 is 4.98 Å². The lowest BCUT2D eigenvalue weighted by Crippen LogP contribution is -2.07. The average Bonchev–Trinajstić information content (AvgIpc) is 2.40. The first-order valence-electron chi connectivity index (χ1n) is 5.42. The molecule has 8 heteroatoms. The molecule has 0 saturated carbocycles. The topological polar surface area (TPSA) is 88.9 Å². The van der Waals surface area contributed by atoms with Crippen molar-refractivity contribution in [1.82, 2.24) is 9.97 Å². The Balaban J connectivity index is 2.59. The van der Waals surface area contributed by atoms with Gasteiger partial charge in [0.2, 0.25) is 0 Å². The van der Waals surface area contributed by atoms with Crippen molar-refractivity contribution in [2.45, 2.75) is 0 Å². The van der Waals surface area contributed by atoms with E-state index in [4.69, 9.17) is 0 Å². The van der Waals surface area contributed by atoms with Gasteiger partial charge in [0.1, 0.15) is 17.0 Å². The van der Waals surface area contributed by atoms with Gasteiger partial charge in [-0.3, -0.25) is 14.9 Å². The maximum absolute atomic E-state index is 13.4. The van der Waals surface area contributed by atoms with Crippen LogP contribution in [0.25, 0.3) is 21.9 Å². The van der Waals surface area contributed by atoms with Gasteiger partial charge in [-0.15, -0.1) is 0 Å². The van der Waals surface area contributed by atoms with Crippen LogP contribution >= 0.6 is 15.9 Å². The molecule has 100 valence electrons. The maximum atomic E-state index is 13.4. The van der Waals surface area contributed by atoms with Crippen LogP contribution in [0.5, 0.6) is 0 Å². The Labute approximate surface area is 118 Å². The van der Waals surface area contributed by atoms with Crippen LogP contribution in [0, 0.1) is 15.9 Å². The van der Waals surface area contributed by atoms with E-state index in [0.29, 0.717) is 4.47 Å². The summed E-state index contributed by atoms with van der Waals surface area (Å²) < 4.78 is 14.0. The lowest BCUT2D eigenvalue weighted by atomic mass is 10.1. The second-order valence-corrected chi connectivity index (χ2v) is 5.02. The summed E-state index contributed by atoms with van der Waals surface area (Å²) in [6, 6.07) is 3.27. The van der Waals surface area contributed by atoms with Crippen molar-refractivity contribution in [3.63, 3.8) is 0 Å². The lowest BCUT2D eigenvalue weighted by molar-refractivity contribution is -0.383. The molecule has 3 rings (SSSR count). The van der Waals surface area contributed by atoms with Crippen molar-refractivity contribution in [3.8, 4) is 0 Å². The number of pyridine rings is 2. The minimum absolute atomic E-state index is 0.0382. The molecule has 1 aromatic carbocycles. The van der Waals surface area contributed by atoms with E-state index in [1.807, 2.05) is 0 Å². The molecule has 0 aliphatic rings. The molecular formula is C12H5BrFN3O3. The molecule has 20 heavy (non-hydrogen) atoms. The van der Waals surface area contributed by atoms with Crippen LogP contribution in [0.2, 0.25) is 0 Å². The Morgan fingerprint density at radius 1 is 1.30 bits per heavy atom. The molecule has 0 unspecified atom stereocenters. The van der Waals surface area contributed by atoms with E-state index in [9.17, 15) is 19.3 Å². The number of benzene rings is 1. The summed E-state index contributed by atoms with van der Waals surface area (Å²) in [5.74, 6) is -0.836. The van der Waals surface area contributed by atoms with Crippen molar-refractivity contribution in [3.05, 3.63) is 55.0 Å². The summed E-state index contributed by atoms with van der Waals surface area (Å²) in [6.45, 7) is 0. The van der Waals surface area contributed by atoms with Gasteiger partial charge in [-0.25, -0.2) is 9.37 Å². The molecule has 2 aromatic heterocycles. The molecule has 0 fully saturated rings. The molecule has 0 saturated heterocycles. The van der Waals surface area contributed by atoms with E-state index in [1.165, 1.54) is 12.3 Å². The average molecular weight is 338 g/mol. The van der Waals surface area contributed by atoms with Gasteiger partial charge in [0.15, 0.2) is 5.43 Å². The summed E-state index contributed by atoms with van der Waals surface area (Å²) in [5.41, 5.74) is -0.835. The predicted octanol–water partition coefficient (Wildman–Crippen LogP) is 2.89. The summed E-state index contributed by atoms with van der Waals surface area (Å²) in [7, 11) is 0. The monoisotopic (exact) mass is 337 g/mol. The molecule has 1 N–H and O–H groups in total. The van der Waals surface area contributed by atoms with Crippen LogP contribution in [0.15, 0.2) is 33.7 Å². The molecule has 6 nitrogen and oxygen atoms in total. The molecule has 0 spiro atoms. The first-order chi connectivity index (χ1) is 9.47. The Kier molecular flexibility index (Phi) is 2.75. The second-order valence-electron chi connectivity index (χ2n) is 4.11. The fraction of sp³-hybridized carbons (Fsp3) is 0. The van der Waals surface area contributed by atoms with Gasteiger partial charge in [-0.2, -0.15) is 0 Å². The molecule has 0 aliphatic carbocycles. The van der Waals surface area contributed by atoms with Crippen molar-refractivity contribution >= 4 is 43.6 Å². The van der Waals surface area contributed by atoms with E-state index >= 15 is 0 Å². The molecule has 0 radical (unpaired) electrons. The molecule has 2 heterocycles. The highest BCUT2D eigenvalue weighted by Gasteiger charge is 2.18. The highest BCUT2D eigenvalue weighted by atomic mass is 79.9. The number of nitrogens with one attached hydrogen (secondary N) is 1. The molecule has 0 atom stereocenters. The Hall–Kier alpha value is -2.35. The predicted molar refractivity (Wildman–Crippen MR) is 74.2 cm³/mol. The van der Waals surface area contributed by atoms with E-state index < -0.39 is 21.9 Å².